The molecular formula is C29H31N3O3. The summed E-state index contributed by atoms with van der Waals surface area (Å²) in [4.78, 5) is 2.51. The van der Waals surface area contributed by atoms with Crippen LogP contribution in [0.15, 0.2) is 77.9 Å². The van der Waals surface area contributed by atoms with Crippen LogP contribution < -0.4 is 14.2 Å². The highest BCUT2D eigenvalue weighted by Gasteiger charge is 2.52. The Hall–Kier alpha value is -3.51. The van der Waals surface area contributed by atoms with Gasteiger partial charge < -0.3 is 14.2 Å². The van der Waals surface area contributed by atoms with E-state index in [0.717, 1.165) is 73.0 Å². The summed E-state index contributed by atoms with van der Waals surface area (Å²) < 4.78 is 17.9. The maximum absolute atomic E-state index is 6.86. The van der Waals surface area contributed by atoms with Crippen LogP contribution in [0.3, 0.4) is 0 Å². The number of hydrogen-bond acceptors (Lipinski definition) is 6. The van der Waals surface area contributed by atoms with Crippen molar-refractivity contribution in [3.63, 3.8) is 0 Å². The van der Waals surface area contributed by atoms with Crippen molar-refractivity contribution < 1.29 is 14.2 Å². The Balaban J connectivity index is 1.32. The summed E-state index contributed by atoms with van der Waals surface area (Å²) in [6.07, 6.45) is 2.60. The lowest BCUT2D eigenvalue weighted by atomic mass is 9.90. The normalized spacial score (nSPS) is 20.6. The molecule has 0 aromatic heterocycles. The van der Waals surface area contributed by atoms with E-state index < -0.39 is 5.72 Å². The minimum atomic E-state index is -0.478. The summed E-state index contributed by atoms with van der Waals surface area (Å²) in [7, 11) is 3.41. The molecule has 3 aromatic rings. The molecule has 180 valence electrons. The van der Waals surface area contributed by atoms with E-state index in [-0.39, 0.29) is 6.04 Å². The van der Waals surface area contributed by atoms with Gasteiger partial charge in [0.2, 0.25) is 5.72 Å². The summed E-state index contributed by atoms with van der Waals surface area (Å²) >= 11 is 0. The first-order chi connectivity index (χ1) is 17.2. The van der Waals surface area contributed by atoms with E-state index in [1.165, 1.54) is 5.56 Å². The number of ether oxygens (including phenoxy) is 3. The van der Waals surface area contributed by atoms with Crippen molar-refractivity contribution in [3.05, 3.63) is 89.5 Å². The Bertz CT molecular complexity index is 1220. The van der Waals surface area contributed by atoms with Crippen molar-refractivity contribution in [1.82, 2.24) is 9.91 Å². The van der Waals surface area contributed by atoms with Crippen molar-refractivity contribution in [3.8, 4) is 17.2 Å². The van der Waals surface area contributed by atoms with Crippen LogP contribution in [-0.2, 0) is 6.54 Å². The van der Waals surface area contributed by atoms with Gasteiger partial charge in [0.25, 0.3) is 0 Å². The molecule has 0 N–H and O–H groups in total. The van der Waals surface area contributed by atoms with Gasteiger partial charge in [-0.3, -0.25) is 4.90 Å². The standard InChI is InChI=1S/C29H31N3O3/c1-33-23-13-11-22(12-14-23)25-19-26-24-9-6-10-27(34-2)28(24)35-29(32(26)30-25)15-17-31(18-16-29)20-21-7-4-3-5-8-21/h3-14,26H,15-20H2,1-2H3. The maximum Gasteiger partial charge on any atom is 0.200 e. The lowest BCUT2D eigenvalue weighted by Crippen LogP contribution is -2.59. The van der Waals surface area contributed by atoms with Gasteiger partial charge in [-0.15, -0.1) is 0 Å². The molecule has 6 heteroatoms. The third-order valence-electron chi connectivity index (χ3n) is 7.52. The molecule has 1 spiro atoms. The first-order valence-electron chi connectivity index (χ1n) is 12.3. The Morgan fingerprint density at radius 3 is 2.40 bits per heavy atom. The lowest BCUT2D eigenvalue weighted by molar-refractivity contribution is -0.151. The molecule has 0 amide bonds. The molecule has 35 heavy (non-hydrogen) atoms. The van der Waals surface area contributed by atoms with Crippen LogP contribution in [0, 0.1) is 0 Å². The highest BCUT2D eigenvalue weighted by atomic mass is 16.5. The first-order valence-corrected chi connectivity index (χ1v) is 12.3. The van der Waals surface area contributed by atoms with Gasteiger partial charge in [-0.1, -0.05) is 42.5 Å². The van der Waals surface area contributed by atoms with Crippen LogP contribution in [-0.4, -0.2) is 48.7 Å². The molecule has 1 atom stereocenters. The number of para-hydroxylation sites is 1. The van der Waals surface area contributed by atoms with Gasteiger partial charge in [0.05, 0.1) is 26.0 Å². The number of hydrazone groups is 1. The zero-order chi connectivity index (χ0) is 23.8. The fourth-order valence-electron chi connectivity index (χ4n) is 5.62. The van der Waals surface area contributed by atoms with Crippen molar-refractivity contribution in [2.24, 2.45) is 5.10 Å². The molecule has 0 aliphatic carbocycles. The van der Waals surface area contributed by atoms with E-state index in [1.807, 2.05) is 24.3 Å². The number of benzene rings is 3. The monoisotopic (exact) mass is 469 g/mol. The van der Waals surface area contributed by atoms with Gasteiger partial charge in [-0.05, 0) is 41.5 Å². The summed E-state index contributed by atoms with van der Waals surface area (Å²) in [6.45, 7) is 2.87. The molecule has 6 nitrogen and oxygen atoms in total. The van der Waals surface area contributed by atoms with Crippen LogP contribution in [0.4, 0.5) is 0 Å². The zero-order valence-electron chi connectivity index (χ0n) is 20.3. The highest BCUT2D eigenvalue weighted by Crippen LogP contribution is 2.52. The lowest BCUT2D eigenvalue weighted by Gasteiger charge is -2.51. The third-order valence-corrected chi connectivity index (χ3v) is 7.52. The topological polar surface area (TPSA) is 46.5 Å². The van der Waals surface area contributed by atoms with Crippen molar-refractivity contribution in [1.29, 1.82) is 0 Å². The predicted octanol–water partition coefficient (Wildman–Crippen LogP) is 5.24. The number of fused-ring (bicyclic) bond motifs is 4. The molecule has 0 saturated carbocycles. The van der Waals surface area contributed by atoms with E-state index in [2.05, 4.69) is 58.4 Å². The quantitative estimate of drug-likeness (QED) is 0.511. The summed E-state index contributed by atoms with van der Waals surface area (Å²) in [5, 5.41) is 7.46. The van der Waals surface area contributed by atoms with Crippen LogP contribution in [0.1, 0.15) is 42.0 Å². The van der Waals surface area contributed by atoms with E-state index in [1.54, 1.807) is 14.2 Å². The van der Waals surface area contributed by atoms with Gasteiger partial charge in [0.1, 0.15) is 5.75 Å². The van der Waals surface area contributed by atoms with Crippen LogP contribution in [0.25, 0.3) is 0 Å². The van der Waals surface area contributed by atoms with E-state index >= 15 is 0 Å². The molecule has 3 aromatic carbocycles. The fraction of sp³-hybridized carbons (Fsp3) is 0.345. The molecular weight excluding hydrogens is 438 g/mol. The third kappa shape index (κ3) is 3.92. The predicted molar refractivity (Wildman–Crippen MR) is 136 cm³/mol. The van der Waals surface area contributed by atoms with Crippen molar-refractivity contribution in [2.45, 2.75) is 37.6 Å². The largest absolute Gasteiger partial charge is 0.497 e. The molecule has 3 heterocycles. The van der Waals surface area contributed by atoms with Crippen molar-refractivity contribution >= 4 is 5.71 Å². The Morgan fingerprint density at radius 2 is 1.69 bits per heavy atom. The molecule has 6 rings (SSSR count). The van der Waals surface area contributed by atoms with E-state index in [4.69, 9.17) is 19.3 Å². The molecule has 1 fully saturated rings. The summed E-state index contributed by atoms with van der Waals surface area (Å²) in [5.74, 6) is 2.52. The fourth-order valence-corrected chi connectivity index (χ4v) is 5.62. The number of piperidine rings is 1. The highest BCUT2D eigenvalue weighted by molar-refractivity contribution is 6.02. The molecule has 0 radical (unpaired) electrons. The van der Waals surface area contributed by atoms with Crippen LogP contribution >= 0.6 is 0 Å². The van der Waals surface area contributed by atoms with Gasteiger partial charge in [0.15, 0.2) is 11.5 Å². The average Bonchev–Trinajstić information content (AvgIpc) is 3.37. The molecule has 3 aliphatic rings. The zero-order valence-corrected chi connectivity index (χ0v) is 20.3. The second-order valence-electron chi connectivity index (χ2n) is 9.53. The second-order valence-corrected chi connectivity index (χ2v) is 9.53. The Kier molecular flexibility index (Phi) is 5.61. The van der Waals surface area contributed by atoms with E-state index in [0.29, 0.717) is 0 Å². The SMILES string of the molecule is COc1ccc(C2=NN3C(C2)c2cccc(OC)c2OC32CCN(Cc3ccccc3)CC2)cc1. The average molecular weight is 470 g/mol. The van der Waals surface area contributed by atoms with Crippen LogP contribution in [0.2, 0.25) is 0 Å². The minimum absolute atomic E-state index is 0.131. The number of hydrogen-bond donors (Lipinski definition) is 0. The smallest absolute Gasteiger partial charge is 0.200 e. The number of rotatable bonds is 5. The second kappa shape index (κ2) is 8.93. The molecule has 1 saturated heterocycles. The van der Waals surface area contributed by atoms with Gasteiger partial charge >= 0.3 is 0 Å². The van der Waals surface area contributed by atoms with Gasteiger partial charge in [0, 0.05) is 44.5 Å². The maximum atomic E-state index is 6.86. The summed E-state index contributed by atoms with van der Waals surface area (Å²) in [5.41, 5.74) is 4.23. The number of likely N-dealkylation sites (tertiary alicyclic amines) is 1. The molecule has 1 unspecified atom stereocenters. The summed E-state index contributed by atoms with van der Waals surface area (Å²) in [6, 6.07) is 25.2. The Morgan fingerprint density at radius 1 is 0.914 bits per heavy atom. The van der Waals surface area contributed by atoms with Gasteiger partial charge in [-0.2, -0.15) is 5.10 Å². The Labute approximate surface area is 206 Å². The van der Waals surface area contributed by atoms with Crippen LogP contribution in [0.5, 0.6) is 17.2 Å². The first kappa shape index (κ1) is 22.0. The molecule has 0 bridgehead atoms. The number of nitrogens with zero attached hydrogens (tertiary/aromatic N) is 3. The van der Waals surface area contributed by atoms with Gasteiger partial charge in [-0.25, -0.2) is 5.01 Å². The van der Waals surface area contributed by atoms with Crippen molar-refractivity contribution in [2.75, 3.05) is 27.3 Å². The molecule has 3 aliphatic heterocycles. The minimum Gasteiger partial charge on any atom is -0.497 e. The van der Waals surface area contributed by atoms with E-state index in [9.17, 15) is 0 Å². The number of methoxy groups -OCH3 is 2.